The van der Waals surface area contributed by atoms with Crippen molar-refractivity contribution in [3.8, 4) is 5.75 Å². The molecule has 16 heavy (non-hydrogen) atoms. The highest BCUT2D eigenvalue weighted by Crippen LogP contribution is 2.33. The Morgan fingerprint density at radius 3 is 2.56 bits per heavy atom. The molecule has 2 nitrogen and oxygen atoms in total. The lowest BCUT2D eigenvalue weighted by Crippen LogP contribution is -2.02. The molecule has 0 saturated carbocycles. The first-order valence-corrected chi connectivity index (χ1v) is 5.80. The summed E-state index contributed by atoms with van der Waals surface area (Å²) in [5, 5.41) is 0. The summed E-state index contributed by atoms with van der Waals surface area (Å²) in [5.41, 5.74) is 0.0934. The van der Waals surface area contributed by atoms with Gasteiger partial charge in [-0.3, -0.25) is 4.79 Å². The SMILES string of the molecule is CCOc1cc(C(C)=O)cc(C(F)F)c1I. The van der Waals surface area contributed by atoms with Gasteiger partial charge in [-0.1, -0.05) is 0 Å². The Bertz CT molecular complexity index is 405. The molecule has 0 aromatic heterocycles. The molecule has 1 aromatic rings. The summed E-state index contributed by atoms with van der Waals surface area (Å²) in [4.78, 5) is 11.2. The average Bonchev–Trinajstić information content (AvgIpc) is 2.20. The van der Waals surface area contributed by atoms with Crippen LogP contribution < -0.4 is 4.74 Å². The van der Waals surface area contributed by atoms with Gasteiger partial charge in [-0.15, -0.1) is 0 Å². The summed E-state index contributed by atoms with van der Waals surface area (Å²) in [6.07, 6.45) is -2.61. The Kier molecular flexibility index (Phi) is 4.64. The number of alkyl halides is 2. The number of carbonyl (C=O) groups is 1. The van der Waals surface area contributed by atoms with Crippen LogP contribution in [-0.4, -0.2) is 12.4 Å². The van der Waals surface area contributed by atoms with Gasteiger partial charge in [-0.05, 0) is 48.6 Å². The fraction of sp³-hybridized carbons (Fsp3) is 0.364. The molecule has 5 heteroatoms. The van der Waals surface area contributed by atoms with Crippen LogP contribution in [0.25, 0.3) is 0 Å². The number of halogens is 3. The van der Waals surface area contributed by atoms with Crippen molar-refractivity contribution in [1.82, 2.24) is 0 Å². The van der Waals surface area contributed by atoms with Gasteiger partial charge >= 0.3 is 0 Å². The lowest BCUT2D eigenvalue weighted by atomic mass is 10.1. The van der Waals surface area contributed by atoms with Gasteiger partial charge < -0.3 is 4.74 Å². The molecule has 0 aliphatic heterocycles. The summed E-state index contributed by atoms with van der Waals surface area (Å²) >= 11 is 1.80. The van der Waals surface area contributed by atoms with Crippen LogP contribution in [0.1, 0.15) is 36.2 Å². The van der Waals surface area contributed by atoms with Crippen LogP contribution in [0, 0.1) is 3.57 Å². The molecular weight excluding hydrogens is 329 g/mol. The summed E-state index contributed by atoms with van der Waals surface area (Å²) in [6, 6.07) is 2.72. The maximum atomic E-state index is 12.7. The van der Waals surface area contributed by atoms with Crippen molar-refractivity contribution < 1.29 is 18.3 Å². The molecule has 0 saturated heterocycles. The van der Waals surface area contributed by atoms with E-state index in [4.69, 9.17) is 4.74 Å². The normalized spacial score (nSPS) is 10.6. The number of benzene rings is 1. The van der Waals surface area contributed by atoms with Crippen molar-refractivity contribution in [3.63, 3.8) is 0 Å². The van der Waals surface area contributed by atoms with Crippen molar-refractivity contribution in [3.05, 3.63) is 26.8 Å². The molecule has 0 unspecified atom stereocenters. The van der Waals surface area contributed by atoms with Gasteiger partial charge in [-0.2, -0.15) is 0 Å². The number of carbonyl (C=O) groups excluding carboxylic acids is 1. The zero-order valence-corrected chi connectivity index (χ0v) is 11.0. The molecule has 0 aliphatic carbocycles. The Balaban J connectivity index is 3.32. The predicted molar refractivity (Wildman–Crippen MR) is 65.3 cm³/mol. The van der Waals surface area contributed by atoms with Gasteiger partial charge in [0.15, 0.2) is 5.78 Å². The highest BCUT2D eigenvalue weighted by atomic mass is 127. The second-order valence-corrected chi connectivity index (χ2v) is 4.25. The smallest absolute Gasteiger partial charge is 0.265 e. The number of Topliss-reactive ketones (excluding diaryl/α,β-unsaturated/α-hetero) is 1. The Hall–Kier alpha value is -0.720. The van der Waals surface area contributed by atoms with Crippen LogP contribution in [0.5, 0.6) is 5.75 Å². The summed E-state index contributed by atoms with van der Waals surface area (Å²) in [5.74, 6) is 0.0883. The quantitative estimate of drug-likeness (QED) is 0.615. The molecule has 0 amide bonds. The predicted octanol–water partition coefficient (Wildman–Crippen LogP) is 3.83. The van der Waals surface area contributed by atoms with Crippen LogP contribution in [0.2, 0.25) is 0 Å². The third kappa shape index (κ3) is 2.90. The molecule has 0 N–H and O–H groups in total. The molecular formula is C11H11F2IO2. The Morgan fingerprint density at radius 1 is 1.50 bits per heavy atom. The number of hydrogen-bond donors (Lipinski definition) is 0. The molecule has 1 rings (SSSR count). The lowest BCUT2D eigenvalue weighted by molar-refractivity contribution is 0.101. The van der Waals surface area contributed by atoms with Gasteiger partial charge in [0.2, 0.25) is 0 Å². The first kappa shape index (κ1) is 13.3. The molecule has 0 aliphatic rings. The maximum Gasteiger partial charge on any atom is 0.265 e. The zero-order valence-electron chi connectivity index (χ0n) is 8.89. The number of hydrogen-bond acceptors (Lipinski definition) is 2. The van der Waals surface area contributed by atoms with E-state index in [1.54, 1.807) is 29.5 Å². The van der Waals surface area contributed by atoms with E-state index in [0.717, 1.165) is 0 Å². The van der Waals surface area contributed by atoms with Crippen LogP contribution in [0.3, 0.4) is 0 Å². The molecule has 0 radical (unpaired) electrons. The fourth-order valence-electron chi connectivity index (χ4n) is 1.24. The first-order chi connectivity index (χ1) is 7.47. The Labute approximate surface area is 106 Å². The van der Waals surface area contributed by atoms with Gasteiger partial charge in [0.25, 0.3) is 6.43 Å². The van der Waals surface area contributed by atoms with E-state index in [1.807, 2.05) is 0 Å². The van der Waals surface area contributed by atoms with Gasteiger partial charge in [0.1, 0.15) is 5.75 Å². The van der Waals surface area contributed by atoms with Crippen molar-refractivity contribution in [1.29, 1.82) is 0 Å². The minimum atomic E-state index is -2.61. The van der Waals surface area contributed by atoms with Crippen LogP contribution in [0.15, 0.2) is 12.1 Å². The summed E-state index contributed by atoms with van der Waals surface area (Å²) in [7, 11) is 0. The molecule has 0 atom stereocenters. The summed E-state index contributed by atoms with van der Waals surface area (Å²) < 4.78 is 31.0. The third-order valence-electron chi connectivity index (χ3n) is 2.01. The van der Waals surface area contributed by atoms with Gasteiger partial charge in [0.05, 0.1) is 10.2 Å². The van der Waals surface area contributed by atoms with Crippen molar-refractivity contribution in [2.75, 3.05) is 6.61 Å². The average molecular weight is 340 g/mol. The lowest BCUT2D eigenvalue weighted by Gasteiger charge is -2.11. The van der Waals surface area contributed by atoms with E-state index in [9.17, 15) is 13.6 Å². The number of ether oxygens (including phenoxy) is 1. The van der Waals surface area contributed by atoms with Gasteiger partial charge in [0, 0.05) is 11.1 Å². The molecule has 0 fully saturated rings. The number of ketones is 1. The number of rotatable bonds is 4. The minimum Gasteiger partial charge on any atom is -0.493 e. The second-order valence-electron chi connectivity index (χ2n) is 3.17. The van der Waals surface area contributed by atoms with E-state index >= 15 is 0 Å². The summed E-state index contributed by atoms with van der Waals surface area (Å²) in [6.45, 7) is 3.48. The van der Waals surface area contributed by atoms with Crippen LogP contribution >= 0.6 is 22.6 Å². The van der Waals surface area contributed by atoms with Crippen molar-refractivity contribution in [2.24, 2.45) is 0 Å². The second kappa shape index (κ2) is 5.56. The Morgan fingerprint density at radius 2 is 2.12 bits per heavy atom. The van der Waals surface area contributed by atoms with Crippen LogP contribution in [-0.2, 0) is 0 Å². The highest BCUT2D eigenvalue weighted by molar-refractivity contribution is 14.1. The van der Waals surface area contributed by atoms with E-state index in [2.05, 4.69) is 0 Å². The molecule has 0 spiro atoms. The van der Waals surface area contributed by atoms with E-state index in [-0.39, 0.29) is 16.9 Å². The van der Waals surface area contributed by atoms with Crippen LogP contribution in [0.4, 0.5) is 8.78 Å². The maximum absolute atomic E-state index is 12.7. The highest BCUT2D eigenvalue weighted by Gasteiger charge is 2.18. The largest absolute Gasteiger partial charge is 0.493 e. The van der Waals surface area contributed by atoms with E-state index in [1.165, 1.54) is 19.1 Å². The van der Waals surface area contributed by atoms with Crippen molar-refractivity contribution in [2.45, 2.75) is 20.3 Å². The first-order valence-electron chi connectivity index (χ1n) is 4.72. The standard InChI is InChI=1S/C11H11F2IO2/c1-3-16-9-5-7(6(2)15)4-8(10(9)14)11(12)13/h4-5,11H,3H2,1-2H3. The van der Waals surface area contributed by atoms with Gasteiger partial charge in [-0.25, -0.2) is 8.78 Å². The molecule has 0 bridgehead atoms. The molecule has 0 heterocycles. The van der Waals surface area contributed by atoms with E-state index < -0.39 is 6.43 Å². The van der Waals surface area contributed by atoms with Crippen molar-refractivity contribution >= 4 is 28.4 Å². The zero-order chi connectivity index (χ0) is 12.3. The fourth-order valence-corrected chi connectivity index (χ4v) is 1.94. The third-order valence-corrected chi connectivity index (χ3v) is 3.16. The molecule has 88 valence electrons. The topological polar surface area (TPSA) is 26.3 Å². The molecule has 1 aromatic carbocycles. The monoisotopic (exact) mass is 340 g/mol. The minimum absolute atomic E-state index is 0.156. The van der Waals surface area contributed by atoms with E-state index in [0.29, 0.717) is 15.9 Å².